The van der Waals surface area contributed by atoms with Gasteiger partial charge in [0, 0.05) is 18.3 Å². The molecule has 98 valence electrons. The SMILES string of the molecule is CCC(CSC)N(C)C(CN)c1ccc(Br)o1. The Hall–Kier alpha value is 0.0300. The molecule has 0 radical (unpaired) electrons. The number of rotatable bonds is 7. The minimum atomic E-state index is 0.151. The molecule has 0 aliphatic rings. The van der Waals surface area contributed by atoms with E-state index in [0.29, 0.717) is 12.6 Å². The second-order valence-corrected chi connectivity index (χ2v) is 5.77. The smallest absolute Gasteiger partial charge is 0.169 e. The van der Waals surface area contributed by atoms with E-state index in [2.05, 4.69) is 41.1 Å². The summed E-state index contributed by atoms with van der Waals surface area (Å²) >= 11 is 5.20. The zero-order valence-corrected chi connectivity index (χ0v) is 13.1. The van der Waals surface area contributed by atoms with Crippen molar-refractivity contribution in [3.05, 3.63) is 22.6 Å². The molecule has 5 heteroatoms. The van der Waals surface area contributed by atoms with Gasteiger partial charge in [-0.05, 0) is 47.8 Å². The highest BCUT2D eigenvalue weighted by Gasteiger charge is 2.24. The number of nitrogens with zero attached hydrogens (tertiary/aromatic N) is 1. The molecule has 0 spiro atoms. The maximum absolute atomic E-state index is 5.88. The van der Waals surface area contributed by atoms with Crippen molar-refractivity contribution in [3.63, 3.8) is 0 Å². The molecular formula is C12H21BrN2OS. The summed E-state index contributed by atoms with van der Waals surface area (Å²) in [5, 5.41) is 0. The topological polar surface area (TPSA) is 42.4 Å². The minimum absolute atomic E-state index is 0.151. The Bertz CT molecular complexity index is 332. The molecule has 2 atom stereocenters. The number of halogens is 1. The average Bonchev–Trinajstić information content (AvgIpc) is 2.73. The largest absolute Gasteiger partial charge is 0.453 e. The molecule has 1 aromatic heterocycles. The predicted octanol–water partition coefficient (Wildman–Crippen LogP) is 3.12. The van der Waals surface area contributed by atoms with Gasteiger partial charge in [0.25, 0.3) is 0 Å². The van der Waals surface area contributed by atoms with Crippen LogP contribution in [-0.4, -0.2) is 36.5 Å². The van der Waals surface area contributed by atoms with Crippen molar-refractivity contribution in [1.29, 1.82) is 0 Å². The standard InChI is InChI=1S/C12H21BrN2OS/c1-4-9(8-17-3)15(2)10(7-14)11-5-6-12(13)16-11/h5-6,9-10H,4,7-8,14H2,1-3H3. The van der Waals surface area contributed by atoms with Gasteiger partial charge >= 0.3 is 0 Å². The Kier molecular flexibility index (Phi) is 6.62. The molecule has 0 amide bonds. The third-order valence-corrected chi connectivity index (χ3v) is 4.19. The summed E-state index contributed by atoms with van der Waals surface area (Å²) in [5.74, 6) is 2.05. The van der Waals surface area contributed by atoms with Gasteiger partial charge in [0.15, 0.2) is 4.67 Å². The van der Waals surface area contributed by atoms with Gasteiger partial charge in [-0.1, -0.05) is 6.92 Å². The van der Waals surface area contributed by atoms with Gasteiger partial charge in [-0.25, -0.2) is 0 Å². The fourth-order valence-corrected chi connectivity index (χ4v) is 3.14. The van der Waals surface area contributed by atoms with Crippen LogP contribution in [0, 0.1) is 0 Å². The van der Waals surface area contributed by atoms with Crippen LogP contribution < -0.4 is 5.73 Å². The van der Waals surface area contributed by atoms with Crippen LogP contribution in [0.5, 0.6) is 0 Å². The van der Waals surface area contributed by atoms with Gasteiger partial charge in [-0.3, -0.25) is 4.90 Å². The molecule has 3 nitrogen and oxygen atoms in total. The zero-order valence-electron chi connectivity index (χ0n) is 10.6. The summed E-state index contributed by atoms with van der Waals surface area (Å²) in [6.45, 7) is 2.78. The maximum Gasteiger partial charge on any atom is 0.169 e. The molecule has 0 aromatic carbocycles. The summed E-state index contributed by atoms with van der Waals surface area (Å²) in [7, 11) is 2.12. The maximum atomic E-state index is 5.88. The first-order valence-electron chi connectivity index (χ1n) is 5.80. The monoisotopic (exact) mass is 320 g/mol. The molecule has 0 saturated heterocycles. The Morgan fingerprint density at radius 2 is 2.24 bits per heavy atom. The number of furan rings is 1. The van der Waals surface area contributed by atoms with Crippen LogP contribution in [0.4, 0.5) is 0 Å². The lowest BCUT2D eigenvalue weighted by Crippen LogP contribution is -2.39. The van der Waals surface area contributed by atoms with E-state index in [0.717, 1.165) is 22.6 Å². The first-order valence-corrected chi connectivity index (χ1v) is 7.98. The Morgan fingerprint density at radius 1 is 1.53 bits per heavy atom. The van der Waals surface area contributed by atoms with Crippen LogP contribution in [-0.2, 0) is 0 Å². The van der Waals surface area contributed by atoms with E-state index in [1.165, 1.54) is 0 Å². The summed E-state index contributed by atoms with van der Waals surface area (Å²) in [6, 6.07) is 4.59. The van der Waals surface area contributed by atoms with Crippen molar-refractivity contribution in [2.24, 2.45) is 5.73 Å². The second kappa shape index (κ2) is 7.46. The van der Waals surface area contributed by atoms with Gasteiger partial charge in [-0.15, -0.1) is 0 Å². The summed E-state index contributed by atoms with van der Waals surface area (Å²) in [5.41, 5.74) is 5.88. The van der Waals surface area contributed by atoms with Crippen LogP contribution in [0.3, 0.4) is 0 Å². The lowest BCUT2D eigenvalue weighted by atomic mass is 10.1. The highest BCUT2D eigenvalue weighted by molar-refractivity contribution is 9.10. The first-order chi connectivity index (χ1) is 8.13. The molecule has 17 heavy (non-hydrogen) atoms. The number of hydrogen-bond donors (Lipinski definition) is 1. The van der Waals surface area contributed by atoms with Crippen molar-refractivity contribution < 1.29 is 4.42 Å². The van der Waals surface area contributed by atoms with Gasteiger partial charge in [0.05, 0.1) is 6.04 Å². The fraction of sp³-hybridized carbons (Fsp3) is 0.667. The summed E-state index contributed by atoms with van der Waals surface area (Å²) in [6.07, 6.45) is 3.26. The van der Waals surface area contributed by atoms with Crippen molar-refractivity contribution >= 4 is 27.7 Å². The first kappa shape index (κ1) is 15.1. The second-order valence-electron chi connectivity index (χ2n) is 4.08. The zero-order chi connectivity index (χ0) is 12.8. The highest BCUT2D eigenvalue weighted by atomic mass is 79.9. The number of thioether (sulfide) groups is 1. The minimum Gasteiger partial charge on any atom is -0.453 e. The third-order valence-electron chi connectivity index (χ3n) is 3.04. The number of nitrogens with two attached hydrogens (primary N) is 1. The van der Waals surface area contributed by atoms with Gasteiger partial charge < -0.3 is 10.2 Å². The summed E-state index contributed by atoms with van der Waals surface area (Å²) in [4.78, 5) is 2.32. The molecule has 0 bridgehead atoms. The quantitative estimate of drug-likeness (QED) is 0.838. The van der Waals surface area contributed by atoms with Crippen LogP contribution in [0.25, 0.3) is 0 Å². The van der Waals surface area contributed by atoms with E-state index < -0.39 is 0 Å². The lowest BCUT2D eigenvalue weighted by Gasteiger charge is -2.32. The van der Waals surface area contributed by atoms with Crippen molar-refractivity contribution in [2.45, 2.75) is 25.4 Å². The molecule has 1 rings (SSSR count). The average molecular weight is 321 g/mol. The molecule has 1 heterocycles. The van der Waals surface area contributed by atoms with E-state index >= 15 is 0 Å². The van der Waals surface area contributed by atoms with Gasteiger partial charge in [0.2, 0.25) is 0 Å². The van der Waals surface area contributed by atoms with Gasteiger partial charge in [-0.2, -0.15) is 11.8 Å². The molecule has 1 aromatic rings. The van der Waals surface area contributed by atoms with E-state index in [1.54, 1.807) is 0 Å². The van der Waals surface area contributed by atoms with E-state index in [4.69, 9.17) is 10.2 Å². The van der Waals surface area contributed by atoms with Gasteiger partial charge in [0.1, 0.15) is 5.76 Å². The molecule has 0 fully saturated rings. The molecule has 0 aliphatic carbocycles. The predicted molar refractivity (Wildman–Crippen MR) is 78.4 cm³/mol. The van der Waals surface area contributed by atoms with E-state index in [1.807, 2.05) is 23.9 Å². The third kappa shape index (κ3) is 4.02. The highest BCUT2D eigenvalue weighted by Crippen LogP contribution is 2.26. The normalized spacial score (nSPS) is 15.2. The Labute approximate surface area is 116 Å². The molecule has 0 saturated carbocycles. The van der Waals surface area contributed by atoms with Crippen molar-refractivity contribution in [1.82, 2.24) is 4.90 Å². The molecule has 2 N–H and O–H groups in total. The Morgan fingerprint density at radius 3 is 2.65 bits per heavy atom. The van der Waals surface area contributed by atoms with Crippen LogP contribution >= 0.6 is 27.7 Å². The van der Waals surface area contributed by atoms with Crippen LogP contribution in [0.1, 0.15) is 25.1 Å². The van der Waals surface area contributed by atoms with Crippen LogP contribution in [0.2, 0.25) is 0 Å². The Balaban J connectivity index is 2.78. The lowest BCUT2D eigenvalue weighted by molar-refractivity contribution is 0.166. The van der Waals surface area contributed by atoms with E-state index in [-0.39, 0.29) is 6.04 Å². The molecule has 2 unspecified atom stereocenters. The fourth-order valence-electron chi connectivity index (χ4n) is 1.96. The van der Waals surface area contributed by atoms with Crippen LogP contribution in [0.15, 0.2) is 21.2 Å². The molecule has 0 aliphatic heterocycles. The van der Waals surface area contributed by atoms with E-state index in [9.17, 15) is 0 Å². The number of hydrogen-bond acceptors (Lipinski definition) is 4. The van der Waals surface area contributed by atoms with Crippen molar-refractivity contribution in [2.75, 3.05) is 25.6 Å². The van der Waals surface area contributed by atoms with Crippen molar-refractivity contribution in [3.8, 4) is 0 Å². The number of likely N-dealkylation sites (N-methyl/N-ethyl adjacent to an activating group) is 1. The molecular weight excluding hydrogens is 300 g/mol. The summed E-state index contributed by atoms with van der Waals surface area (Å²) < 4.78 is 6.38.